The second kappa shape index (κ2) is 6.24. The topological polar surface area (TPSA) is 37.3 Å². The Labute approximate surface area is 131 Å². The van der Waals surface area contributed by atoms with Crippen LogP contribution in [0.15, 0.2) is 11.6 Å². The molecular weight excluding hydrogens is 260 g/mol. The number of carbonyl (C=O) groups is 1. The van der Waals surface area contributed by atoms with E-state index in [0.717, 1.165) is 31.3 Å². The SMILES string of the molecule is [2H][C@H](O)/C=C(\C)CC[C@H]1C(=O)CC[C@H]2C(C)(C)CCC[C@]12C. The lowest BCUT2D eigenvalue weighted by Gasteiger charge is -2.56. The van der Waals surface area contributed by atoms with Crippen LogP contribution in [0.3, 0.4) is 0 Å². The summed E-state index contributed by atoms with van der Waals surface area (Å²) in [4.78, 5) is 12.6. The summed E-state index contributed by atoms with van der Waals surface area (Å²) < 4.78 is 7.22. The number of carbonyl (C=O) groups excluding carboxylic acids is 1. The third-order valence-corrected chi connectivity index (χ3v) is 6.33. The minimum Gasteiger partial charge on any atom is -0.392 e. The fraction of sp³-hybridized carbons (Fsp3) is 0.842. The third kappa shape index (κ3) is 3.26. The first-order valence-corrected chi connectivity index (χ1v) is 8.47. The maximum absolute atomic E-state index is 12.6. The highest BCUT2D eigenvalue weighted by molar-refractivity contribution is 5.82. The lowest BCUT2D eigenvalue weighted by Crippen LogP contribution is -2.51. The summed E-state index contributed by atoms with van der Waals surface area (Å²) in [5.74, 6) is 1.23. The van der Waals surface area contributed by atoms with Crippen LogP contribution >= 0.6 is 0 Å². The molecule has 2 rings (SSSR count). The van der Waals surface area contributed by atoms with Crippen molar-refractivity contribution in [3.05, 3.63) is 11.6 Å². The summed E-state index contributed by atoms with van der Waals surface area (Å²) in [7, 11) is 0. The number of allylic oxidation sites excluding steroid dienone is 1. The molecule has 0 aromatic rings. The molecule has 21 heavy (non-hydrogen) atoms. The summed E-state index contributed by atoms with van der Waals surface area (Å²) in [6.45, 7) is 7.92. The Bertz CT molecular complexity index is 452. The molecule has 0 heterocycles. The predicted octanol–water partition coefficient (Wildman–Crippen LogP) is 4.52. The molecule has 0 spiro atoms. The Morgan fingerprint density at radius 3 is 2.81 bits per heavy atom. The Kier molecular flexibility index (Phi) is 4.54. The van der Waals surface area contributed by atoms with E-state index in [4.69, 9.17) is 6.48 Å². The first kappa shape index (κ1) is 15.3. The largest absolute Gasteiger partial charge is 0.392 e. The van der Waals surface area contributed by atoms with Crippen LogP contribution in [0.2, 0.25) is 0 Å². The Morgan fingerprint density at radius 1 is 1.43 bits per heavy atom. The number of Topliss-reactive ketones (excluding diaryl/α,β-unsaturated/α-hetero) is 1. The molecule has 0 aliphatic heterocycles. The van der Waals surface area contributed by atoms with E-state index in [1.165, 1.54) is 19.3 Å². The highest BCUT2D eigenvalue weighted by Gasteiger charge is 2.54. The molecule has 2 aliphatic rings. The van der Waals surface area contributed by atoms with Gasteiger partial charge in [-0.05, 0) is 55.8 Å². The van der Waals surface area contributed by atoms with Crippen molar-refractivity contribution in [3.63, 3.8) is 0 Å². The van der Waals surface area contributed by atoms with Crippen molar-refractivity contribution in [1.29, 1.82) is 0 Å². The number of aliphatic hydroxyl groups is 1. The van der Waals surface area contributed by atoms with Crippen molar-refractivity contribution in [2.75, 3.05) is 6.58 Å². The van der Waals surface area contributed by atoms with Gasteiger partial charge in [0.1, 0.15) is 5.78 Å². The molecule has 1 N–H and O–H groups in total. The van der Waals surface area contributed by atoms with E-state index in [9.17, 15) is 4.79 Å². The molecule has 2 aliphatic carbocycles. The molecule has 0 aromatic heterocycles. The first-order chi connectivity index (χ1) is 10.2. The van der Waals surface area contributed by atoms with Crippen molar-refractivity contribution in [2.24, 2.45) is 22.7 Å². The lowest BCUT2D eigenvalue weighted by atomic mass is 9.47. The van der Waals surface area contributed by atoms with E-state index in [-0.39, 0.29) is 11.3 Å². The van der Waals surface area contributed by atoms with E-state index < -0.39 is 6.58 Å². The van der Waals surface area contributed by atoms with Gasteiger partial charge < -0.3 is 5.11 Å². The molecule has 2 saturated carbocycles. The van der Waals surface area contributed by atoms with Gasteiger partial charge in [-0.3, -0.25) is 4.79 Å². The first-order valence-electron chi connectivity index (χ1n) is 9.05. The van der Waals surface area contributed by atoms with Crippen LogP contribution in [-0.2, 0) is 4.79 Å². The second-order valence-electron chi connectivity index (χ2n) is 8.16. The summed E-state index contributed by atoms with van der Waals surface area (Å²) in [6.07, 6.45) is 8.73. The van der Waals surface area contributed by atoms with Crippen molar-refractivity contribution >= 4 is 5.78 Å². The van der Waals surface area contributed by atoms with E-state index in [1.807, 2.05) is 6.92 Å². The van der Waals surface area contributed by atoms with Crippen LogP contribution in [0.25, 0.3) is 0 Å². The Hall–Kier alpha value is -0.630. The van der Waals surface area contributed by atoms with E-state index in [2.05, 4.69) is 20.8 Å². The van der Waals surface area contributed by atoms with Gasteiger partial charge in [-0.15, -0.1) is 0 Å². The fourth-order valence-corrected chi connectivity index (χ4v) is 5.21. The van der Waals surface area contributed by atoms with Crippen molar-refractivity contribution in [3.8, 4) is 0 Å². The van der Waals surface area contributed by atoms with Gasteiger partial charge in [0.25, 0.3) is 0 Å². The summed E-state index contributed by atoms with van der Waals surface area (Å²) >= 11 is 0. The number of aliphatic hydroxyl groups excluding tert-OH is 1. The Balaban J connectivity index is 2.16. The molecule has 0 saturated heterocycles. The predicted molar refractivity (Wildman–Crippen MR) is 87.0 cm³/mol. The fourth-order valence-electron chi connectivity index (χ4n) is 5.21. The van der Waals surface area contributed by atoms with Crippen molar-refractivity contribution in [2.45, 2.75) is 72.6 Å². The standard InChI is InChI=1S/C19H32O2/c1-14(10-13-20)6-7-15-16(21)8-9-17-18(2,3)11-5-12-19(15,17)4/h10,15,17,20H,5-9,11-13H2,1-4H3/b14-10+/t15-,17-,19+/m0/s1/i13D/t13-,15-,17-,19+. The maximum Gasteiger partial charge on any atom is 0.136 e. The maximum atomic E-state index is 12.6. The van der Waals surface area contributed by atoms with Crippen LogP contribution in [0.1, 0.15) is 74.0 Å². The second-order valence-corrected chi connectivity index (χ2v) is 8.16. The van der Waals surface area contributed by atoms with Gasteiger partial charge in [-0.25, -0.2) is 0 Å². The summed E-state index contributed by atoms with van der Waals surface area (Å²) in [5.41, 5.74) is 1.50. The lowest BCUT2D eigenvalue weighted by molar-refractivity contribution is -0.143. The molecule has 0 unspecified atom stereocenters. The monoisotopic (exact) mass is 293 g/mol. The zero-order valence-electron chi connectivity index (χ0n) is 15.1. The van der Waals surface area contributed by atoms with Gasteiger partial charge in [-0.2, -0.15) is 0 Å². The molecule has 0 radical (unpaired) electrons. The molecule has 2 fully saturated rings. The Morgan fingerprint density at radius 2 is 2.14 bits per heavy atom. The van der Waals surface area contributed by atoms with Crippen LogP contribution < -0.4 is 0 Å². The molecular formula is C19H32O2. The number of rotatable bonds is 4. The van der Waals surface area contributed by atoms with Crippen LogP contribution in [0.5, 0.6) is 0 Å². The molecule has 0 bridgehead atoms. The molecule has 4 atom stereocenters. The zero-order chi connectivity index (χ0) is 16.5. The average Bonchev–Trinajstić information content (AvgIpc) is 2.35. The summed E-state index contributed by atoms with van der Waals surface area (Å²) in [5, 5.41) is 9.14. The highest BCUT2D eigenvalue weighted by Crippen LogP contribution is 2.59. The minimum atomic E-state index is -1.14. The van der Waals surface area contributed by atoms with Gasteiger partial charge in [-0.1, -0.05) is 38.8 Å². The van der Waals surface area contributed by atoms with Crippen LogP contribution in [0.4, 0.5) is 0 Å². The van der Waals surface area contributed by atoms with Gasteiger partial charge >= 0.3 is 0 Å². The number of ketones is 1. The molecule has 2 heteroatoms. The molecule has 0 aromatic carbocycles. The number of hydrogen-bond acceptors (Lipinski definition) is 2. The molecule has 120 valence electrons. The van der Waals surface area contributed by atoms with Crippen LogP contribution in [-0.4, -0.2) is 17.5 Å². The highest BCUT2D eigenvalue weighted by atomic mass is 16.2. The number of hydrogen-bond donors (Lipinski definition) is 1. The smallest absolute Gasteiger partial charge is 0.136 e. The average molecular weight is 293 g/mol. The van der Waals surface area contributed by atoms with Gasteiger partial charge in [0.05, 0.1) is 7.95 Å². The van der Waals surface area contributed by atoms with E-state index >= 15 is 0 Å². The minimum absolute atomic E-state index is 0.136. The third-order valence-electron chi connectivity index (χ3n) is 6.33. The van der Waals surface area contributed by atoms with E-state index in [0.29, 0.717) is 17.1 Å². The van der Waals surface area contributed by atoms with Crippen LogP contribution in [0, 0.1) is 22.7 Å². The van der Waals surface area contributed by atoms with E-state index in [1.54, 1.807) is 6.08 Å². The van der Waals surface area contributed by atoms with Gasteiger partial charge in [0.15, 0.2) is 0 Å². The quantitative estimate of drug-likeness (QED) is 0.774. The van der Waals surface area contributed by atoms with Crippen molar-refractivity contribution in [1.82, 2.24) is 0 Å². The summed E-state index contributed by atoms with van der Waals surface area (Å²) in [6, 6.07) is 0. The van der Waals surface area contributed by atoms with Gasteiger partial charge in [0, 0.05) is 12.3 Å². The van der Waals surface area contributed by atoms with Gasteiger partial charge in [0.2, 0.25) is 0 Å². The van der Waals surface area contributed by atoms with Crippen molar-refractivity contribution < 1.29 is 11.3 Å². The molecule has 0 amide bonds. The normalized spacial score (nSPS) is 38.6. The zero-order valence-corrected chi connectivity index (χ0v) is 14.1. The molecule has 2 nitrogen and oxygen atoms in total. The number of fused-ring (bicyclic) bond motifs is 1.